The maximum Gasteiger partial charge on any atom is 0.111 e. The second-order valence-electron chi connectivity index (χ2n) is 4.61. The predicted molar refractivity (Wildman–Crippen MR) is 64.7 cm³/mol. The molecule has 1 atom stereocenters. The van der Waals surface area contributed by atoms with Gasteiger partial charge in [-0.2, -0.15) is 0 Å². The summed E-state index contributed by atoms with van der Waals surface area (Å²) in [5.41, 5.74) is 3.49. The van der Waals surface area contributed by atoms with Crippen molar-refractivity contribution in [2.45, 2.75) is 25.7 Å². The zero-order chi connectivity index (χ0) is 11.0. The van der Waals surface area contributed by atoms with Crippen LogP contribution < -0.4 is 5.32 Å². The number of fused-ring (bicyclic) bond motifs is 1. The van der Waals surface area contributed by atoms with Crippen molar-refractivity contribution in [3.63, 3.8) is 0 Å². The minimum Gasteiger partial charge on any atom is -0.342 e. The number of aromatic nitrogens is 2. The topological polar surface area (TPSA) is 42.8 Å². The van der Waals surface area contributed by atoms with E-state index in [1.165, 1.54) is 18.4 Å². The van der Waals surface area contributed by atoms with Crippen molar-refractivity contribution in [2.24, 2.45) is 0 Å². The Labute approximate surface area is 95.3 Å². The third-order valence-electron chi connectivity index (χ3n) is 3.26. The molecule has 2 heterocycles. The molecule has 1 aliphatic heterocycles. The molecule has 16 heavy (non-hydrogen) atoms. The molecule has 0 bridgehead atoms. The third-order valence-corrected chi connectivity index (χ3v) is 3.26. The molecule has 3 heteroatoms. The molecule has 1 N–H and O–H groups in total. The molecular formula is C13H16N3. The quantitative estimate of drug-likeness (QED) is 0.778. The first-order chi connectivity index (χ1) is 7.83. The Bertz CT molecular complexity index is 495. The van der Waals surface area contributed by atoms with Crippen LogP contribution in [0.15, 0.2) is 18.2 Å². The number of aromatic amines is 1. The normalized spacial score (nSPS) is 21.4. The first kappa shape index (κ1) is 9.85. The third kappa shape index (κ3) is 1.71. The summed E-state index contributed by atoms with van der Waals surface area (Å²) < 4.78 is 0. The van der Waals surface area contributed by atoms with Crippen LogP contribution in [-0.2, 0) is 0 Å². The summed E-state index contributed by atoms with van der Waals surface area (Å²) in [6.45, 7) is 4.05. The van der Waals surface area contributed by atoms with Crippen molar-refractivity contribution in [1.82, 2.24) is 15.3 Å². The standard InChI is InChI=1S/C13H16N3/c1-9-4-5-11-12(7-9)16-13(15-11)10-3-2-6-14-8-10/h4-5,7,10H,2-3,6,8H2,1H3,(H,15,16). The van der Waals surface area contributed by atoms with Crippen molar-refractivity contribution in [3.8, 4) is 0 Å². The van der Waals surface area contributed by atoms with Crippen molar-refractivity contribution in [1.29, 1.82) is 0 Å². The van der Waals surface area contributed by atoms with Crippen LogP contribution in [-0.4, -0.2) is 23.1 Å². The Morgan fingerprint density at radius 3 is 3.12 bits per heavy atom. The van der Waals surface area contributed by atoms with Gasteiger partial charge in [-0.3, -0.25) is 0 Å². The zero-order valence-electron chi connectivity index (χ0n) is 9.53. The number of hydrogen-bond acceptors (Lipinski definition) is 1. The van der Waals surface area contributed by atoms with E-state index < -0.39 is 0 Å². The lowest BCUT2D eigenvalue weighted by Crippen LogP contribution is -2.23. The molecule has 83 valence electrons. The number of aryl methyl sites for hydroxylation is 1. The van der Waals surface area contributed by atoms with Crippen LogP contribution >= 0.6 is 0 Å². The largest absolute Gasteiger partial charge is 0.342 e. The Morgan fingerprint density at radius 2 is 2.31 bits per heavy atom. The molecule has 2 aromatic rings. The van der Waals surface area contributed by atoms with Gasteiger partial charge in [-0.05, 0) is 37.5 Å². The lowest BCUT2D eigenvalue weighted by atomic mass is 9.99. The Kier molecular flexibility index (Phi) is 2.40. The summed E-state index contributed by atoms with van der Waals surface area (Å²) in [5.74, 6) is 1.62. The van der Waals surface area contributed by atoms with Crippen LogP contribution in [0.5, 0.6) is 0 Å². The van der Waals surface area contributed by atoms with E-state index in [1.807, 2.05) is 0 Å². The van der Waals surface area contributed by atoms with Gasteiger partial charge in [-0.1, -0.05) is 6.07 Å². The van der Waals surface area contributed by atoms with Crippen LogP contribution in [0.3, 0.4) is 0 Å². The Hall–Kier alpha value is -1.35. The summed E-state index contributed by atoms with van der Waals surface area (Å²) in [5, 5.41) is 4.46. The minimum absolute atomic E-state index is 0.501. The lowest BCUT2D eigenvalue weighted by molar-refractivity contribution is 0.442. The van der Waals surface area contributed by atoms with Gasteiger partial charge in [0.25, 0.3) is 0 Å². The highest BCUT2D eigenvalue weighted by Gasteiger charge is 2.19. The summed E-state index contributed by atoms with van der Waals surface area (Å²) in [6.07, 6.45) is 2.41. The average molecular weight is 214 g/mol. The molecule has 1 aromatic heterocycles. The highest BCUT2D eigenvalue weighted by molar-refractivity contribution is 5.75. The van der Waals surface area contributed by atoms with E-state index in [1.54, 1.807) is 0 Å². The van der Waals surface area contributed by atoms with E-state index in [2.05, 4.69) is 40.4 Å². The van der Waals surface area contributed by atoms with E-state index in [9.17, 15) is 0 Å². The number of rotatable bonds is 1. The number of nitrogens with one attached hydrogen (secondary N) is 1. The van der Waals surface area contributed by atoms with Gasteiger partial charge in [0.2, 0.25) is 0 Å². The molecule has 1 unspecified atom stereocenters. The maximum atomic E-state index is 4.68. The first-order valence-corrected chi connectivity index (χ1v) is 5.92. The number of benzene rings is 1. The van der Waals surface area contributed by atoms with Crippen LogP contribution in [0.4, 0.5) is 0 Å². The summed E-state index contributed by atoms with van der Waals surface area (Å²) >= 11 is 0. The highest BCUT2D eigenvalue weighted by Crippen LogP contribution is 2.24. The van der Waals surface area contributed by atoms with Crippen molar-refractivity contribution >= 4 is 11.0 Å². The molecule has 0 saturated carbocycles. The van der Waals surface area contributed by atoms with Gasteiger partial charge in [0, 0.05) is 19.0 Å². The molecule has 0 aliphatic carbocycles. The molecule has 1 radical (unpaired) electrons. The smallest absolute Gasteiger partial charge is 0.111 e. The minimum atomic E-state index is 0.501. The van der Waals surface area contributed by atoms with Gasteiger partial charge in [0.05, 0.1) is 11.0 Å². The van der Waals surface area contributed by atoms with Crippen molar-refractivity contribution in [2.75, 3.05) is 13.1 Å². The van der Waals surface area contributed by atoms with Crippen LogP contribution in [0.25, 0.3) is 11.0 Å². The summed E-state index contributed by atoms with van der Waals surface area (Å²) in [6, 6.07) is 6.37. The van der Waals surface area contributed by atoms with Crippen LogP contribution in [0.2, 0.25) is 0 Å². The molecule has 1 saturated heterocycles. The molecule has 0 amide bonds. The van der Waals surface area contributed by atoms with E-state index in [0.29, 0.717) is 5.92 Å². The number of H-pyrrole nitrogens is 1. The van der Waals surface area contributed by atoms with Gasteiger partial charge in [0.1, 0.15) is 5.82 Å². The molecule has 3 nitrogen and oxygen atoms in total. The number of piperidine rings is 1. The van der Waals surface area contributed by atoms with Gasteiger partial charge in [0.15, 0.2) is 0 Å². The molecule has 1 aliphatic rings. The van der Waals surface area contributed by atoms with E-state index >= 15 is 0 Å². The predicted octanol–water partition coefficient (Wildman–Crippen LogP) is 2.35. The Balaban J connectivity index is 1.97. The fourth-order valence-corrected chi connectivity index (χ4v) is 2.34. The van der Waals surface area contributed by atoms with E-state index in [0.717, 1.165) is 29.9 Å². The van der Waals surface area contributed by atoms with Gasteiger partial charge < -0.3 is 4.98 Å². The van der Waals surface area contributed by atoms with Gasteiger partial charge in [-0.25, -0.2) is 10.3 Å². The van der Waals surface area contributed by atoms with E-state index in [-0.39, 0.29) is 0 Å². The lowest BCUT2D eigenvalue weighted by Gasteiger charge is -2.18. The number of hydrogen-bond donors (Lipinski definition) is 1. The fraction of sp³-hybridized carbons (Fsp3) is 0.462. The maximum absolute atomic E-state index is 4.68. The molecule has 1 fully saturated rings. The van der Waals surface area contributed by atoms with Crippen molar-refractivity contribution in [3.05, 3.63) is 29.6 Å². The second-order valence-corrected chi connectivity index (χ2v) is 4.61. The summed E-state index contributed by atoms with van der Waals surface area (Å²) in [4.78, 5) is 8.10. The monoisotopic (exact) mass is 214 g/mol. The molecular weight excluding hydrogens is 198 g/mol. The fourth-order valence-electron chi connectivity index (χ4n) is 2.34. The second kappa shape index (κ2) is 3.91. The first-order valence-electron chi connectivity index (χ1n) is 5.92. The molecule has 0 spiro atoms. The average Bonchev–Trinajstić information content (AvgIpc) is 2.73. The van der Waals surface area contributed by atoms with Crippen LogP contribution in [0, 0.1) is 6.92 Å². The Morgan fingerprint density at radius 1 is 1.38 bits per heavy atom. The van der Waals surface area contributed by atoms with Gasteiger partial charge >= 0.3 is 0 Å². The van der Waals surface area contributed by atoms with E-state index in [4.69, 9.17) is 0 Å². The number of nitrogens with zero attached hydrogens (tertiary/aromatic N) is 2. The molecule has 3 rings (SSSR count). The highest BCUT2D eigenvalue weighted by atomic mass is 15.0. The number of imidazole rings is 1. The summed E-state index contributed by atoms with van der Waals surface area (Å²) in [7, 11) is 0. The van der Waals surface area contributed by atoms with Crippen LogP contribution in [0.1, 0.15) is 30.1 Å². The SMILES string of the molecule is Cc1ccc2[nH]c(C3CCC[N]C3)nc2c1. The zero-order valence-corrected chi connectivity index (χ0v) is 9.53. The van der Waals surface area contributed by atoms with Gasteiger partial charge in [-0.15, -0.1) is 0 Å². The molecule has 1 aromatic carbocycles. The van der Waals surface area contributed by atoms with Crippen molar-refractivity contribution < 1.29 is 0 Å².